The van der Waals surface area contributed by atoms with Crippen molar-refractivity contribution < 1.29 is 9.90 Å². The van der Waals surface area contributed by atoms with Crippen LogP contribution in [-0.4, -0.2) is 40.1 Å². The fourth-order valence-electron chi connectivity index (χ4n) is 7.65. The minimum Gasteiger partial charge on any atom is -0.506 e. The molecule has 1 aliphatic carbocycles. The first kappa shape index (κ1) is 44.4. The number of aryl methyl sites for hydroxylation is 2. The van der Waals surface area contributed by atoms with Gasteiger partial charge in [-0.05, 0) is 142 Å². The first-order valence-corrected chi connectivity index (χ1v) is 21.7. The number of phenols is 1. The van der Waals surface area contributed by atoms with Gasteiger partial charge in [-0.2, -0.15) is 0 Å². The number of nitrogens with zero attached hydrogens (tertiary/aromatic N) is 3. The minimum atomic E-state index is -0.187. The maximum Gasteiger partial charge on any atom is 0.255 e. The summed E-state index contributed by atoms with van der Waals surface area (Å²) in [4.78, 5) is 18.0. The van der Waals surface area contributed by atoms with E-state index in [4.69, 9.17) is 0 Å². The molecule has 2 unspecified atom stereocenters. The highest BCUT2D eigenvalue weighted by Gasteiger charge is 2.27. The summed E-state index contributed by atoms with van der Waals surface area (Å²) in [6.45, 7) is 28.4. The molecule has 1 saturated carbocycles. The highest BCUT2D eigenvalue weighted by Crippen LogP contribution is 2.46. The smallest absolute Gasteiger partial charge is 0.255 e. The largest absolute Gasteiger partial charge is 0.506 e. The minimum absolute atomic E-state index is 0.141. The molecule has 1 aliphatic rings. The van der Waals surface area contributed by atoms with E-state index in [-0.39, 0.29) is 11.7 Å². The van der Waals surface area contributed by atoms with Crippen molar-refractivity contribution in [2.45, 2.75) is 133 Å². The monoisotopic (exact) mass is 761 g/mol. The van der Waals surface area contributed by atoms with Crippen LogP contribution in [0.2, 0.25) is 0 Å². The van der Waals surface area contributed by atoms with Crippen molar-refractivity contribution in [3.63, 3.8) is 0 Å². The SMILES string of the molecule is C=CN(/C=C\C(C)CC)c1c(O)cc(NC(=O)c2ccc(Cc3ccc4c(c3)c(C)c(C)n4CCCN(CCC)CCC(C)CC)cc2)cc1C1CCC1.CC. The summed E-state index contributed by atoms with van der Waals surface area (Å²) in [5.74, 6) is 1.51. The molecule has 2 atom stereocenters. The predicted octanol–water partition coefficient (Wildman–Crippen LogP) is 13.1. The van der Waals surface area contributed by atoms with Gasteiger partial charge in [0.2, 0.25) is 0 Å². The van der Waals surface area contributed by atoms with E-state index >= 15 is 0 Å². The van der Waals surface area contributed by atoms with Gasteiger partial charge >= 0.3 is 0 Å². The van der Waals surface area contributed by atoms with E-state index < -0.39 is 0 Å². The molecular weight excluding hydrogens is 689 g/mol. The second-order valence-electron chi connectivity index (χ2n) is 15.9. The topological polar surface area (TPSA) is 60.7 Å². The number of nitrogens with one attached hydrogen (secondary N) is 1. The van der Waals surface area contributed by atoms with Crippen molar-refractivity contribution in [3.05, 3.63) is 113 Å². The Bertz CT molecular complexity index is 1880. The van der Waals surface area contributed by atoms with E-state index in [1.807, 2.05) is 43.1 Å². The number of aromatic nitrogens is 1. The van der Waals surface area contributed by atoms with Gasteiger partial charge in [0, 0.05) is 52.9 Å². The Labute approximate surface area is 339 Å². The van der Waals surface area contributed by atoms with Crippen molar-refractivity contribution in [1.29, 1.82) is 0 Å². The van der Waals surface area contributed by atoms with Gasteiger partial charge in [-0.15, -0.1) is 0 Å². The standard InChI is InChI=1S/C48H66N4O2.C2H6/c1-9-25-50(28-23-34(5)10-2)26-14-27-52-37(8)36(7)43-31-39(19-22-45(43)52)30-38-17-20-41(21-18-38)48(54)49-42-32-44(40-15-13-16-40)47(46(53)33-42)51(12-4)29-24-35(6)11-3;1-2/h12,17-22,24,29,31-35,40,53H,4,9-11,13-16,23,25-28,30H2,1-3,5-8H3,(H,49,54);1-2H3/b29-24-;. The molecule has 1 amide bonds. The number of hydrogen-bond donors (Lipinski definition) is 2. The van der Waals surface area contributed by atoms with Crippen LogP contribution in [-0.2, 0) is 13.0 Å². The lowest BCUT2D eigenvalue weighted by Crippen LogP contribution is -2.28. The average molecular weight is 761 g/mol. The second-order valence-corrected chi connectivity index (χ2v) is 15.9. The van der Waals surface area contributed by atoms with Crippen LogP contribution in [0.4, 0.5) is 11.4 Å². The maximum atomic E-state index is 13.4. The third kappa shape index (κ3) is 11.4. The fourth-order valence-corrected chi connectivity index (χ4v) is 7.65. The Balaban J connectivity index is 0.00000342. The summed E-state index contributed by atoms with van der Waals surface area (Å²) in [7, 11) is 0. The van der Waals surface area contributed by atoms with Crippen LogP contribution in [0.5, 0.6) is 5.75 Å². The lowest BCUT2D eigenvalue weighted by Gasteiger charge is -2.31. The molecule has 3 aromatic carbocycles. The third-order valence-electron chi connectivity index (χ3n) is 12.0. The molecule has 0 bridgehead atoms. The van der Waals surface area contributed by atoms with Crippen LogP contribution >= 0.6 is 0 Å². The summed E-state index contributed by atoms with van der Waals surface area (Å²) in [5.41, 5.74) is 9.47. The first-order chi connectivity index (χ1) is 27.1. The zero-order valence-electron chi connectivity index (χ0n) is 36.3. The summed E-state index contributed by atoms with van der Waals surface area (Å²) in [6.07, 6.45) is 15.9. The zero-order valence-corrected chi connectivity index (χ0v) is 36.3. The quantitative estimate of drug-likeness (QED) is 0.0942. The van der Waals surface area contributed by atoms with E-state index in [2.05, 4.69) is 106 Å². The molecule has 0 saturated heterocycles. The number of fused-ring (bicyclic) bond motifs is 1. The molecular formula is C50H72N4O2. The molecule has 0 aliphatic heterocycles. The van der Waals surface area contributed by atoms with Crippen LogP contribution in [0.3, 0.4) is 0 Å². The Hall–Kier alpha value is -4.29. The molecule has 0 spiro atoms. The summed E-state index contributed by atoms with van der Waals surface area (Å²) in [6, 6.07) is 18.5. The number of allylic oxidation sites excluding steroid dienone is 1. The Kier molecular flexibility index (Phi) is 17.3. The molecule has 1 heterocycles. The van der Waals surface area contributed by atoms with E-state index in [9.17, 15) is 9.90 Å². The van der Waals surface area contributed by atoms with Crippen molar-refractivity contribution in [2.75, 3.05) is 29.9 Å². The molecule has 56 heavy (non-hydrogen) atoms. The first-order valence-electron chi connectivity index (χ1n) is 21.7. The highest BCUT2D eigenvalue weighted by atomic mass is 16.3. The number of carbonyl (C=O) groups is 1. The summed E-state index contributed by atoms with van der Waals surface area (Å²) >= 11 is 0. The van der Waals surface area contributed by atoms with Gasteiger partial charge in [0.15, 0.2) is 0 Å². The van der Waals surface area contributed by atoms with Crippen molar-refractivity contribution in [2.24, 2.45) is 11.8 Å². The Morgan fingerprint density at radius 3 is 2.30 bits per heavy atom. The Morgan fingerprint density at radius 2 is 1.68 bits per heavy atom. The Morgan fingerprint density at radius 1 is 0.964 bits per heavy atom. The van der Waals surface area contributed by atoms with E-state index in [1.165, 1.54) is 66.5 Å². The summed E-state index contributed by atoms with van der Waals surface area (Å²) < 4.78 is 2.52. The number of anilines is 2. The van der Waals surface area contributed by atoms with Gasteiger partial charge in [-0.1, -0.05) is 98.6 Å². The van der Waals surface area contributed by atoms with Crippen LogP contribution in [0.1, 0.15) is 144 Å². The van der Waals surface area contributed by atoms with Crippen molar-refractivity contribution >= 4 is 28.2 Å². The van der Waals surface area contributed by atoms with Gasteiger partial charge in [-0.25, -0.2) is 0 Å². The third-order valence-corrected chi connectivity index (χ3v) is 12.0. The molecule has 1 aromatic heterocycles. The predicted molar refractivity (Wildman–Crippen MR) is 241 cm³/mol. The van der Waals surface area contributed by atoms with E-state index in [0.29, 0.717) is 23.1 Å². The maximum absolute atomic E-state index is 13.4. The molecule has 0 radical (unpaired) electrons. The molecule has 1 fully saturated rings. The molecule has 6 heteroatoms. The zero-order chi connectivity index (χ0) is 40.8. The van der Waals surface area contributed by atoms with Crippen LogP contribution in [0.15, 0.2) is 79.7 Å². The molecule has 4 aromatic rings. The number of benzene rings is 3. The van der Waals surface area contributed by atoms with Crippen LogP contribution in [0, 0.1) is 25.7 Å². The number of rotatable bonds is 20. The van der Waals surface area contributed by atoms with Crippen LogP contribution < -0.4 is 10.2 Å². The van der Waals surface area contributed by atoms with Gasteiger partial charge in [0.1, 0.15) is 5.75 Å². The lowest BCUT2D eigenvalue weighted by atomic mass is 9.79. The number of phenolic OH excluding ortho intramolecular Hbond substituents is 1. The van der Waals surface area contributed by atoms with Crippen molar-refractivity contribution in [1.82, 2.24) is 9.47 Å². The normalized spacial score (nSPS) is 14.0. The number of amides is 1. The molecule has 6 nitrogen and oxygen atoms in total. The number of carbonyl (C=O) groups excluding carboxylic acids is 1. The fraction of sp³-hybridized carbons (Fsp3) is 0.500. The highest BCUT2D eigenvalue weighted by molar-refractivity contribution is 6.04. The second kappa shape index (κ2) is 21.9. The van der Waals surface area contributed by atoms with E-state index in [0.717, 1.165) is 67.9 Å². The lowest BCUT2D eigenvalue weighted by molar-refractivity contribution is 0.102. The van der Waals surface area contributed by atoms with Crippen molar-refractivity contribution in [3.8, 4) is 5.75 Å². The van der Waals surface area contributed by atoms with Gasteiger partial charge in [0.05, 0.1) is 5.69 Å². The summed E-state index contributed by atoms with van der Waals surface area (Å²) in [5, 5.41) is 15.7. The number of aromatic hydroxyl groups is 1. The van der Waals surface area contributed by atoms with Gasteiger partial charge < -0.3 is 24.8 Å². The van der Waals surface area contributed by atoms with Crippen LogP contribution in [0.25, 0.3) is 10.9 Å². The average Bonchev–Trinajstić information content (AvgIpc) is 3.42. The van der Waals surface area contributed by atoms with Gasteiger partial charge in [0.25, 0.3) is 5.91 Å². The molecule has 2 N–H and O–H groups in total. The van der Waals surface area contributed by atoms with E-state index in [1.54, 1.807) is 12.3 Å². The molecule has 5 rings (SSSR count). The number of hydrogen-bond acceptors (Lipinski definition) is 4. The molecule has 304 valence electrons. The van der Waals surface area contributed by atoms with Gasteiger partial charge in [-0.3, -0.25) is 4.79 Å².